The lowest BCUT2D eigenvalue weighted by Gasteiger charge is -2.13. The van der Waals surface area contributed by atoms with E-state index >= 15 is 0 Å². The van der Waals surface area contributed by atoms with E-state index in [9.17, 15) is 0 Å². The van der Waals surface area contributed by atoms with Gasteiger partial charge in [0.2, 0.25) is 0 Å². The third-order valence-corrected chi connectivity index (χ3v) is 3.12. The molecule has 1 aromatic heterocycles. The minimum Gasteiger partial charge on any atom is -0.368 e. The lowest BCUT2D eigenvalue weighted by atomic mass is 10.2. The van der Waals surface area contributed by atoms with Crippen LogP contribution in [0.25, 0.3) is 0 Å². The van der Waals surface area contributed by atoms with Gasteiger partial charge in [0.15, 0.2) is 0 Å². The largest absolute Gasteiger partial charge is 0.368 e. The van der Waals surface area contributed by atoms with E-state index in [-0.39, 0.29) is 0 Å². The number of anilines is 1. The molecule has 0 bridgehead atoms. The second kappa shape index (κ2) is 7.13. The standard InChI is InChI=1S/C12H17N3S/c1-3-16-7-6-10(2)15-12-5-4-11(8-13)9-14-12/h4-5,9-10H,3,6-7H2,1-2H3,(H,14,15). The highest BCUT2D eigenvalue weighted by atomic mass is 32.2. The van der Waals surface area contributed by atoms with Crippen LogP contribution in [0, 0.1) is 11.3 Å². The van der Waals surface area contributed by atoms with Crippen LogP contribution in [0.2, 0.25) is 0 Å². The van der Waals surface area contributed by atoms with Crippen LogP contribution in [0.3, 0.4) is 0 Å². The minimum atomic E-state index is 0.416. The first-order chi connectivity index (χ1) is 7.76. The van der Waals surface area contributed by atoms with Crippen LogP contribution in [-0.4, -0.2) is 22.5 Å². The number of hydrogen-bond acceptors (Lipinski definition) is 4. The molecular weight excluding hydrogens is 218 g/mol. The van der Waals surface area contributed by atoms with Gasteiger partial charge in [-0.2, -0.15) is 17.0 Å². The van der Waals surface area contributed by atoms with E-state index in [4.69, 9.17) is 5.26 Å². The van der Waals surface area contributed by atoms with Crippen molar-refractivity contribution in [2.45, 2.75) is 26.3 Å². The van der Waals surface area contributed by atoms with Crippen LogP contribution in [0.15, 0.2) is 18.3 Å². The summed E-state index contributed by atoms with van der Waals surface area (Å²) < 4.78 is 0. The van der Waals surface area contributed by atoms with Crippen LogP contribution in [0.1, 0.15) is 25.8 Å². The van der Waals surface area contributed by atoms with Gasteiger partial charge in [0.05, 0.1) is 5.56 Å². The molecule has 0 saturated heterocycles. The van der Waals surface area contributed by atoms with E-state index in [0.29, 0.717) is 11.6 Å². The Labute approximate surface area is 101 Å². The number of aromatic nitrogens is 1. The molecule has 3 nitrogen and oxygen atoms in total. The first-order valence-electron chi connectivity index (χ1n) is 5.46. The zero-order valence-electron chi connectivity index (χ0n) is 9.73. The number of nitrogens with zero attached hydrogens (tertiary/aromatic N) is 2. The van der Waals surface area contributed by atoms with Crippen molar-refractivity contribution in [3.8, 4) is 6.07 Å². The maximum absolute atomic E-state index is 8.64. The molecule has 1 unspecified atom stereocenters. The van der Waals surface area contributed by atoms with Gasteiger partial charge in [0, 0.05) is 12.2 Å². The van der Waals surface area contributed by atoms with Crippen molar-refractivity contribution in [1.29, 1.82) is 5.26 Å². The molecular formula is C12H17N3S. The molecule has 86 valence electrons. The van der Waals surface area contributed by atoms with Gasteiger partial charge < -0.3 is 5.32 Å². The number of nitriles is 1. The molecule has 0 spiro atoms. The third-order valence-electron chi connectivity index (χ3n) is 2.19. The summed E-state index contributed by atoms with van der Waals surface area (Å²) in [5.74, 6) is 3.18. The highest BCUT2D eigenvalue weighted by Gasteiger charge is 2.02. The fourth-order valence-electron chi connectivity index (χ4n) is 1.27. The quantitative estimate of drug-likeness (QED) is 0.770. The summed E-state index contributed by atoms with van der Waals surface area (Å²) in [5.41, 5.74) is 0.597. The number of thioether (sulfide) groups is 1. The lowest BCUT2D eigenvalue weighted by molar-refractivity contribution is 0.766. The van der Waals surface area contributed by atoms with E-state index in [1.165, 1.54) is 11.5 Å². The van der Waals surface area contributed by atoms with E-state index < -0.39 is 0 Å². The van der Waals surface area contributed by atoms with Crippen molar-refractivity contribution in [1.82, 2.24) is 4.98 Å². The molecule has 0 radical (unpaired) electrons. The van der Waals surface area contributed by atoms with Gasteiger partial charge in [-0.25, -0.2) is 4.98 Å². The Kier molecular flexibility index (Phi) is 5.73. The summed E-state index contributed by atoms with van der Waals surface area (Å²) in [6, 6.07) is 6.10. The fourth-order valence-corrected chi connectivity index (χ4v) is 2.08. The molecule has 16 heavy (non-hydrogen) atoms. The average Bonchev–Trinajstić information content (AvgIpc) is 2.30. The molecule has 1 atom stereocenters. The normalized spacial score (nSPS) is 11.8. The van der Waals surface area contributed by atoms with Gasteiger partial charge in [-0.1, -0.05) is 6.92 Å². The molecule has 1 N–H and O–H groups in total. The van der Waals surface area contributed by atoms with Gasteiger partial charge in [-0.3, -0.25) is 0 Å². The Bertz CT molecular complexity index is 342. The van der Waals surface area contributed by atoms with Crippen LogP contribution < -0.4 is 5.32 Å². The minimum absolute atomic E-state index is 0.416. The maximum Gasteiger partial charge on any atom is 0.126 e. The summed E-state index contributed by atoms with van der Waals surface area (Å²) in [5, 5.41) is 12.0. The van der Waals surface area contributed by atoms with Crippen molar-refractivity contribution in [3.63, 3.8) is 0 Å². The van der Waals surface area contributed by atoms with Gasteiger partial charge >= 0.3 is 0 Å². The monoisotopic (exact) mass is 235 g/mol. The topological polar surface area (TPSA) is 48.7 Å². The second-order valence-corrected chi connectivity index (χ2v) is 4.97. The zero-order chi connectivity index (χ0) is 11.8. The predicted octanol–water partition coefficient (Wildman–Crippen LogP) is 2.90. The lowest BCUT2D eigenvalue weighted by Crippen LogP contribution is -2.16. The molecule has 1 aromatic rings. The molecule has 0 amide bonds. The molecule has 1 heterocycles. The Hall–Kier alpha value is -1.21. The Morgan fingerprint density at radius 2 is 2.38 bits per heavy atom. The Balaban J connectivity index is 2.38. The van der Waals surface area contributed by atoms with Crippen molar-refractivity contribution in [2.75, 3.05) is 16.8 Å². The summed E-state index contributed by atoms with van der Waals surface area (Å²) in [4.78, 5) is 4.18. The number of rotatable bonds is 6. The smallest absolute Gasteiger partial charge is 0.126 e. The highest BCUT2D eigenvalue weighted by Crippen LogP contribution is 2.09. The van der Waals surface area contributed by atoms with E-state index in [1.54, 1.807) is 12.3 Å². The summed E-state index contributed by atoms with van der Waals surface area (Å²) >= 11 is 1.95. The van der Waals surface area contributed by atoms with Crippen molar-refractivity contribution >= 4 is 17.6 Å². The van der Waals surface area contributed by atoms with Crippen LogP contribution >= 0.6 is 11.8 Å². The molecule has 0 aromatic carbocycles. The fraction of sp³-hybridized carbons (Fsp3) is 0.500. The van der Waals surface area contributed by atoms with Crippen molar-refractivity contribution < 1.29 is 0 Å². The van der Waals surface area contributed by atoms with Crippen LogP contribution in [-0.2, 0) is 0 Å². The van der Waals surface area contributed by atoms with Crippen molar-refractivity contribution in [2.24, 2.45) is 0 Å². The summed E-state index contributed by atoms with van der Waals surface area (Å²) in [7, 11) is 0. The molecule has 0 fully saturated rings. The van der Waals surface area contributed by atoms with Gasteiger partial charge in [0.1, 0.15) is 11.9 Å². The number of hydrogen-bond donors (Lipinski definition) is 1. The average molecular weight is 235 g/mol. The first-order valence-corrected chi connectivity index (χ1v) is 6.62. The molecule has 4 heteroatoms. The van der Waals surface area contributed by atoms with Crippen LogP contribution in [0.5, 0.6) is 0 Å². The van der Waals surface area contributed by atoms with E-state index in [2.05, 4.69) is 30.2 Å². The summed E-state index contributed by atoms with van der Waals surface area (Å²) in [6.45, 7) is 4.32. The van der Waals surface area contributed by atoms with E-state index in [1.807, 2.05) is 17.8 Å². The molecule has 1 rings (SSSR count). The first kappa shape index (κ1) is 12.9. The maximum atomic E-state index is 8.64. The molecule has 0 aliphatic heterocycles. The van der Waals surface area contributed by atoms with Crippen LogP contribution in [0.4, 0.5) is 5.82 Å². The van der Waals surface area contributed by atoms with Gasteiger partial charge in [-0.15, -0.1) is 0 Å². The molecule has 0 aliphatic rings. The van der Waals surface area contributed by atoms with Gasteiger partial charge in [0.25, 0.3) is 0 Å². The summed E-state index contributed by atoms with van der Waals surface area (Å²) in [6.07, 6.45) is 2.72. The Morgan fingerprint density at radius 1 is 1.56 bits per heavy atom. The van der Waals surface area contributed by atoms with Crippen molar-refractivity contribution in [3.05, 3.63) is 23.9 Å². The molecule has 0 aliphatic carbocycles. The third kappa shape index (κ3) is 4.54. The number of nitrogens with one attached hydrogen (secondary N) is 1. The predicted molar refractivity (Wildman–Crippen MR) is 69.7 cm³/mol. The second-order valence-electron chi connectivity index (χ2n) is 3.57. The number of pyridine rings is 1. The highest BCUT2D eigenvalue weighted by molar-refractivity contribution is 7.99. The SMILES string of the molecule is CCSCCC(C)Nc1ccc(C#N)cn1. The zero-order valence-corrected chi connectivity index (χ0v) is 10.5. The van der Waals surface area contributed by atoms with Gasteiger partial charge in [-0.05, 0) is 37.0 Å². The Morgan fingerprint density at radius 3 is 2.94 bits per heavy atom. The van der Waals surface area contributed by atoms with E-state index in [0.717, 1.165) is 12.2 Å². The molecule has 0 saturated carbocycles.